The Morgan fingerprint density at radius 1 is 1.03 bits per heavy atom. The molecular weight excluding hydrogens is 486 g/mol. The van der Waals surface area contributed by atoms with E-state index in [2.05, 4.69) is 42.0 Å². The lowest BCUT2D eigenvalue weighted by Gasteiger charge is -2.42. The Hall–Kier alpha value is -3.66. The Labute approximate surface area is 220 Å². The smallest absolute Gasteiger partial charge is 0.229 e. The first-order chi connectivity index (χ1) is 18.3. The van der Waals surface area contributed by atoms with Gasteiger partial charge >= 0.3 is 0 Å². The van der Waals surface area contributed by atoms with Crippen molar-refractivity contribution >= 4 is 28.5 Å². The second kappa shape index (κ2) is 9.27. The van der Waals surface area contributed by atoms with Gasteiger partial charge in [-0.15, -0.1) is 0 Å². The Kier molecular flexibility index (Phi) is 6.02. The van der Waals surface area contributed by atoms with Crippen LogP contribution in [0.2, 0.25) is 0 Å². The molecule has 4 heterocycles. The lowest BCUT2D eigenvalue weighted by Crippen LogP contribution is -2.54. The number of likely N-dealkylation sites (N-methyl/N-ethyl adjacent to an activating group) is 1. The van der Waals surface area contributed by atoms with E-state index in [4.69, 9.17) is 0 Å². The van der Waals surface area contributed by atoms with Crippen molar-refractivity contribution in [3.05, 3.63) is 54.1 Å². The van der Waals surface area contributed by atoms with Crippen molar-refractivity contribution in [3.63, 3.8) is 0 Å². The molecule has 1 aromatic carbocycles. The molecule has 2 aliphatic rings. The Bertz CT molecular complexity index is 1490. The van der Waals surface area contributed by atoms with E-state index >= 15 is 0 Å². The first kappa shape index (κ1) is 24.7. The van der Waals surface area contributed by atoms with Gasteiger partial charge in [0.05, 0.1) is 23.6 Å². The van der Waals surface area contributed by atoms with E-state index < -0.39 is 11.6 Å². The summed E-state index contributed by atoms with van der Waals surface area (Å²) < 4.78 is 31.8. The fourth-order valence-electron chi connectivity index (χ4n) is 5.79. The van der Waals surface area contributed by atoms with Crippen LogP contribution in [0, 0.1) is 18.6 Å². The summed E-state index contributed by atoms with van der Waals surface area (Å²) in [5, 5.41) is 3.06. The van der Waals surface area contributed by atoms with E-state index in [1.807, 2.05) is 43.7 Å². The van der Waals surface area contributed by atoms with Gasteiger partial charge in [-0.1, -0.05) is 6.92 Å². The molecule has 10 heteroatoms. The summed E-state index contributed by atoms with van der Waals surface area (Å²) in [6.07, 6.45) is 5.45. The number of anilines is 3. The molecule has 0 atom stereocenters. The summed E-state index contributed by atoms with van der Waals surface area (Å²) in [5.41, 5.74) is 2.61. The minimum atomic E-state index is -0.634. The number of hydrogen-bond acceptors (Lipinski definition) is 7. The molecule has 1 spiro atoms. The zero-order chi connectivity index (χ0) is 26.6. The summed E-state index contributed by atoms with van der Waals surface area (Å²) >= 11 is 0. The zero-order valence-corrected chi connectivity index (χ0v) is 22.2. The van der Waals surface area contributed by atoms with E-state index in [-0.39, 0.29) is 23.2 Å². The summed E-state index contributed by atoms with van der Waals surface area (Å²) in [4.78, 5) is 22.4. The lowest BCUT2D eigenvalue weighted by molar-refractivity contribution is 0.167. The van der Waals surface area contributed by atoms with E-state index in [0.717, 1.165) is 38.1 Å². The molecule has 0 bridgehead atoms. The quantitative estimate of drug-likeness (QED) is 0.363. The normalized spacial score (nSPS) is 17.1. The second-order valence-corrected chi connectivity index (χ2v) is 10.6. The van der Waals surface area contributed by atoms with Crippen LogP contribution in [-0.2, 0) is 0 Å². The lowest BCUT2D eigenvalue weighted by atomic mass is 10.1. The number of benzene rings is 1. The standard InChI is InChI=1S/C28H32F2N8/c1-5-37-11-10-36(16-28(37)8-9-28)20-6-7-24(31-14-20)34-27-32-15-22(30)25(35-27)19-12-21(29)26-23(13-19)38(17(2)3)18(4)33-26/h6-7,12-15,17H,5,8-11,16H2,1-4H3,(H,31,32,34,35). The molecule has 0 unspecified atom stereocenters. The molecule has 0 amide bonds. The van der Waals surface area contributed by atoms with Crippen LogP contribution in [0.4, 0.5) is 26.2 Å². The van der Waals surface area contributed by atoms with Gasteiger partial charge in [0.1, 0.15) is 22.9 Å². The van der Waals surface area contributed by atoms with Crippen LogP contribution in [0.15, 0.2) is 36.7 Å². The van der Waals surface area contributed by atoms with E-state index in [0.29, 0.717) is 28.3 Å². The number of aromatic nitrogens is 5. The van der Waals surface area contributed by atoms with Crippen molar-refractivity contribution in [1.29, 1.82) is 0 Å². The van der Waals surface area contributed by atoms with E-state index in [1.54, 1.807) is 6.07 Å². The van der Waals surface area contributed by atoms with Gasteiger partial charge in [0, 0.05) is 36.8 Å². The number of fused-ring (bicyclic) bond motifs is 1. The number of nitrogens with zero attached hydrogens (tertiary/aromatic N) is 7. The molecule has 8 nitrogen and oxygen atoms in total. The maximum Gasteiger partial charge on any atom is 0.229 e. The molecular formula is C28H32F2N8. The minimum absolute atomic E-state index is 0.0117. The summed E-state index contributed by atoms with van der Waals surface area (Å²) in [6.45, 7) is 12.2. The molecule has 1 N–H and O–H groups in total. The number of nitrogens with one attached hydrogen (secondary N) is 1. The number of imidazole rings is 1. The molecule has 1 saturated carbocycles. The van der Waals surface area contributed by atoms with Crippen LogP contribution in [0.5, 0.6) is 0 Å². The third-order valence-electron chi connectivity index (χ3n) is 7.82. The van der Waals surface area contributed by atoms with Crippen LogP contribution in [0.1, 0.15) is 45.5 Å². The van der Waals surface area contributed by atoms with Crippen LogP contribution >= 0.6 is 0 Å². The highest BCUT2D eigenvalue weighted by Crippen LogP contribution is 2.44. The van der Waals surface area contributed by atoms with Crippen molar-refractivity contribution in [2.24, 2.45) is 0 Å². The number of rotatable bonds is 6. The molecule has 1 saturated heterocycles. The number of aryl methyl sites for hydroxylation is 1. The summed E-state index contributed by atoms with van der Waals surface area (Å²) in [5.74, 6) is 0.285. The van der Waals surface area contributed by atoms with Crippen molar-refractivity contribution < 1.29 is 8.78 Å². The van der Waals surface area contributed by atoms with E-state index in [9.17, 15) is 8.78 Å². The second-order valence-electron chi connectivity index (χ2n) is 10.6. The van der Waals surface area contributed by atoms with Gasteiger partial charge in [0.15, 0.2) is 11.6 Å². The van der Waals surface area contributed by atoms with Crippen LogP contribution in [0.3, 0.4) is 0 Å². The van der Waals surface area contributed by atoms with Gasteiger partial charge < -0.3 is 14.8 Å². The van der Waals surface area contributed by atoms with Gasteiger partial charge in [-0.25, -0.2) is 28.7 Å². The third-order valence-corrected chi connectivity index (χ3v) is 7.82. The largest absolute Gasteiger partial charge is 0.367 e. The SMILES string of the molecule is CCN1CCN(c2ccc(Nc3ncc(F)c(-c4cc(F)c5nc(C)n(C(C)C)c5c4)n3)nc2)CC12CC2. The first-order valence-corrected chi connectivity index (χ1v) is 13.2. The summed E-state index contributed by atoms with van der Waals surface area (Å²) in [6, 6.07) is 6.99. The zero-order valence-electron chi connectivity index (χ0n) is 22.2. The molecule has 3 aromatic heterocycles. The number of pyridine rings is 1. The molecule has 0 radical (unpaired) electrons. The number of hydrogen-bond donors (Lipinski definition) is 1. The Morgan fingerprint density at radius 3 is 2.53 bits per heavy atom. The molecule has 6 rings (SSSR count). The van der Waals surface area contributed by atoms with Gasteiger partial charge in [0.25, 0.3) is 0 Å². The van der Waals surface area contributed by atoms with Gasteiger partial charge in [0.2, 0.25) is 5.95 Å². The van der Waals surface area contributed by atoms with Gasteiger partial charge in [-0.2, -0.15) is 0 Å². The average Bonchev–Trinajstić information content (AvgIpc) is 3.57. The molecule has 198 valence electrons. The van der Waals surface area contributed by atoms with Crippen molar-refractivity contribution in [2.45, 2.75) is 52.1 Å². The topological polar surface area (TPSA) is 75.0 Å². The van der Waals surface area contributed by atoms with Crippen LogP contribution in [0.25, 0.3) is 22.3 Å². The Morgan fingerprint density at radius 2 is 1.84 bits per heavy atom. The maximum atomic E-state index is 15.0. The highest BCUT2D eigenvalue weighted by molar-refractivity contribution is 5.83. The molecule has 1 aliphatic heterocycles. The fraction of sp³-hybridized carbons (Fsp3) is 0.429. The third kappa shape index (κ3) is 4.26. The van der Waals surface area contributed by atoms with E-state index in [1.165, 1.54) is 18.9 Å². The molecule has 1 aliphatic carbocycles. The number of halogens is 2. The highest BCUT2D eigenvalue weighted by atomic mass is 19.1. The van der Waals surface area contributed by atoms with Crippen LogP contribution < -0.4 is 10.2 Å². The summed E-state index contributed by atoms with van der Waals surface area (Å²) in [7, 11) is 0. The minimum Gasteiger partial charge on any atom is -0.367 e. The molecule has 2 fully saturated rings. The van der Waals surface area contributed by atoms with Gasteiger partial charge in [-0.05, 0) is 64.4 Å². The molecule has 4 aromatic rings. The average molecular weight is 519 g/mol. The maximum absolute atomic E-state index is 15.0. The number of piperazine rings is 1. The van der Waals surface area contributed by atoms with Crippen molar-refractivity contribution in [2.75, 3.05) is 36.4 Å². The fourth-order valence-corrected chi connectivity index (χ4v) is 5.79. The van der Waals surface area contributed by atoms with Gasteiger partial charge in [-0.3, -0.25) is 4.90 Å². The first-order valence-electron chi connectivity index (χ1n) is 13.2. The van der Waals surface area contributed by atoms with Crippen molar-refractivity contribution in [1.82, 2.24) is 29.4 Å². The Balaban J connectivity index is 1.24. The molecule has 38 heavy (non-hydrogen) atoms. The predicted octanol–water partition coefficient (Wildman–Crippen LogP) is 5.47. The monoisotopic (exact) mass is 518 g/mol. The van der Waals surface area contributed by atoms with Crippen LogP contribution in [-0.4, -0.2) is 61.1 Å². The van der Waals surface area contributed by atoms with Crippen molar-refractivity contribution in [3.8, 4) is 11.3 Å². The highest BCUT2D eigenvalue weighted by Gasteiger charge is 2.50. The predicted molar refractivity (Wildman–Crippen MR) is 145 cm³/mol.